The quantitative estimate of drug-likeness (QED) is 0.671. The highest BCUT2D eigenvalue weighted by Crippen LogP contribution is 2.41. The van der Waals surface area contributed by atoms with Crippen molar-refractivity contribution >= 4 is 5.69 Å². The lowest BCUT2D eigenvalue weighted by atomic mass is 9.95. The molecular formula is C17H27N2O4-. The van der Waals surface area contributed by atoms with E-state index in [4.69, 9.17) is 4.74 Å². The van der Waals surface area contributed by atoms with Crippen LogP contribution >= 0.6 is 0 Å². The van der Waals surface area contributed by atoms with Crippen molar-refractivity contribution in [1.82, 2.24) is 5.32 Å². The molecule has 6 heteroatoms. The highest BCUT2D eigenvalue weighted by molar-refractivity contribution is 5.65. The molecule has 3 N–H and O–H groups in total. The normalized spacial score (nSPS) is 18.9. The second-order valence-electron chi connectivity index (χ2n) is 7.07. The van der Waals surface area contributed by atoms with Crippen LogP contribution in [-0.2, 0) is 0 Å². The number of hydroxylamine groups is 1. The molecule has 0 saturated carbocycles. The summed E-state index contributed by atoms with van der Waals surface area (Å²) in [5, 5.41) is 35.1. The van der Waals surface area contributed by atoms with Gasteiger partial charge in [-0.05, 0) is 12.1 Å². The minimum atomic E-state index is -0.652. The number of aliphatic hydroxyl groups excluding tert-OH is 2. The SMILES string of the molecule is CC1CN([O-])c2cccc(OCC(O)CNCC(C)(C)CO)c21. The summed E-state index contributed by atoms with van der Waals surface area (Å²) in [6.07, 6.45) is -0.652. The number of nitrogens with one attached hydrogen (secondary N) is 1. The number of fused-ring (bicyclic) bond motifs is 1. The maximum absolute atomic E-state index is 11.8. The lowest BCUT2D eigenvalue weighted by Crippen LogP contribution is -2.38. The Balaban J connectivity index is 1.85. The molecule has 0 aliphatic carbocycles. The number of hydrogen-bond donors (Lipinski definition) is 3. The molecule has 1 aliphatic rings. The Hall–Kier alpha value is -1.34. The first kappa shape index (κ1) is 18.0. The zero-order valence-electron chi connectivity index (χ0n) is 14.1. The van der Waals surface area contributed by atoms with Gasteiger partial charge in [-0.25, -0.2) is 0 Å². The first-order chi connectivity index (χ1) is 10.8. The Morgan fingerprint density at radius 1 is 1.48 bits per heavy atom. The van der Waals surface area contributed by atoms with Gasteiger partial charge in [0.1, 0.15) is 18.5 Å². The van der Waals surface area contributed by atoms with Crippen LogP contribution in [0.25, 0.3) is 0 Å². The fraction of sp³-hybridized carbons (Fsp3) is 0.647. The highest BCUT2D eigenvalue weighted by atomic mass is 16.5. The Labute approximate surface area is 137 Å². The van der Waals surface area contributed by atoms with Gasteiger partial charge < -0.3 is 30.5 Å². The lowest BCUT2D eigenvalue weighted by Gasteiger charge is -2.25. The maximum atomic E-state index is 11.8. The van der Waals surface area contributed by atoms with Gasteiger partial charge in [0.2, 0.25) is 0 Å². The summed E-state index contributed by atoms with van der Waals surface area (Å²) >= 11 is 0. The number of ether oxygens (including phenoxy) is 1. The Bertz CT molecular complexity index is 521. The highest BCUT2D eigenvalue weighted by Gasteiger charge is 2.24. The van der Waals surface area contributed by atoms with Crippen molar-refractivity contribution < 1.29 is 14.9 Å². The minimum Gasteiger partial charge on any atom is -0.758 e. The second kappa shape index (κ2) is 7.49. The Morgan fingerprint density at radius 3 is 2.91 bits per heavy atom. The van der Waals surface area contributed by atoms with E-state index < -0.39 is 6.10 Å². The molecule has 0 bridgehead atoms. The van der Waals surface area contributed by atoms with Crippen LogP contribution in [0.4, 0.5) is 5.69 Å². The summed E-state index contributed by atoms with van der Waals surface area (Å²) < 4.78 is 5.73. The predicted octanol–water partition coefficient (Wildman–Crippen LogP) is 1.46. The molecule has 2 unspecified atom stereocenters. The van der Waals surface area contributed by atoms with Crippen LogP contribution < -0.4 is 15.1 Å². The van der Waals surface area contributed by atoms with Gasteiger partial charge >= 0.3 is 0 Å². The van der Waals surface area contributed by atoms with Crippen LogP contribution in [0.2, 0.25) is 0 Å². The van der Waals surface area contributed by atoms with Crippen molar-refractivity contribution in [2.45, 2.75) is 32.8 Å². The van der Waals surface area contributed by atoms with E-state index in [0.717, 1.165) is 10.6 Å². The molecule has 0 aromatic heterocycles. The first-order valence-corrected chi connectivity index (χ1v) is 8.04. The van der Waals surface area contributed by atoms with Gasteiger partial charge in [-0.1, -0.05) is 26.8 Å². The molecule has 6 nitrogen and oxygen atoms in total. The van der Waals surface area contributed by atoms with Gasteiger partial charge in [0, 0.05) is 48.8 Å². The minimum absolute atomic E-state index is 0.0896. The Kier molecular flexibility index (Phi) is 5.86. The second-order valence-corrected chi connectivity index (χ2v) is 7.07. The molecule has 0 saturated heterocycles. The molecule has 1 aromatic rings. The number of nitrogens with zero attached hydrogens (tertiary/aromatic N) is 1. The third kappa shape index (κ3) is 4.57. The van der Waals surface area contributed by atoms with Crippen molar-refractivity contribution in [1.29, 1.82) is 0 Å². The number of hydrogen-bond acceptors (Lipinski definition) is 6. The van der Waals surface area contributed by atoms with Gasteiger partial charge in [-0.2, -0.15) is 0 Å². The fourth-order valence-electron chi connectivity index (χ4n) is 2.69. The van der Waals surface area contributed by atoms with E-state index in [0.29, 0.717) is 31.1 Å². The molecule has 23 heavy (non-hydrogen) atoms. The molecule has 1 aromatic carbocycles. The van der Waals surface area contributed by atoms with Crippen LogP contribution in [0.1, 0.15) is 32.3 Å². The average molecular weight is 323 g/mol. The summed E-state index contributed by atoms with van der Waals surface area (Å²) in [5.74, 6) is 0.794. The monoisotopic (exact) mass is 323 g/mol. The Morgan fingerprint density at radius 2 is 2.22 bits per heavy atom. The first-order valence-electron chi connectivity index (χ1n) is 8.04. The summed E-state index contributed by atoms with van der Waals surface area (Å²) in [6.45, 7) is 7.60. The predicted molar refractivity (Wildman–Crippen MR) is 90.8 cm³/mol. The van der Waals surface area contributed by atoms with Gasteiger partial charge in [0.15, 0.2) is 0 Å². The van der Waals surface area contributed by atoms with Crippen LogP contribution in [0.15, 0.2) is 18.2 Å². The third-order valence-corrected chi connectivity index (χ3v) is 4.09. The molecule has 130 valence electrons. The molecule has 0 radical (unpaired) electrons. The van der Waals surface area contributed by atoms with Crippen LogP contribution in [0, 0.1) is 10.6 Å². The largest absolute Gasteiger partial charge is 0.758 e. The van der Waals surface area contributed by atoms with Crippen molar-refractivity contribution in [2.75, 3.05) is 37.9 Å². The zero-order valence-corrected chi connectivity index (χ0v) is 14.1. The van der Waals surface area contributed by atoms with E-state index in [1.54, 1.807) is 12.1 Å². The molecule has 0 spiro atoms. The molecule has 1 aliphatic heterocycles. The average Bonchev–Trinajstić information content (AvgIpc) is 2.80. The van der Waals surface area contributed by atoms with E-state index in [-0.39, 0.29) is 24.5 Å². The van der Waals surface area contributed by atoms with Crippen molar-refractivity contribution in [3.63, 3.8) is 0 Å². The van der Waals surface area contributed by atoms with Crippen LogP contribution in [0.5, 0.6) is 5.75 Å². The number of rotatable bonds is 8. The smallest absolute Gasteiger partial charge is 0.125 e. The summed E-state index contributed by atoms with van der Waals surface area (Å²) in [4.78, 5) is 0. The van der Waals surface area contributed by atoms with Crippen LogP contribution in [-0.4, -0.2) is 49.2 Å². The number of anilines is 1. The topological polar surface area (TPSA) is 88.0 Å². The van der Waals surface area contributed by atoms with E-state index in [2.05, 4.69) is 5.32 Å². The summed E-state index contributed by atoms with van der Waals surface area (Å²) in [7, 11) is 0. The third-order valence-electron chi connectivity index (χ3n) is 4.09. The van der Waals surface area contributed by atoms with Gasteiger partial charge in [-0.3, -0.25) is 0 Å². The number of aliphatic hydroxyl groups is 2. The molecule has 2 atom stereocenters. The number of benzene rings is 1. The van der Waals surface area contributed by atoms with E-state index >= 15 is 0 Å². The molecule has 1 heterocycles. The zero-order chi connectivity index (χ0) is 17.0. The van der Waals surface area contributed by atoms with Gasteiger partial charge in [-0.15, -0.1) is 0 Å². The molecule has 2 rings (SSSR count). The standard InChI is InChI=1S/C17H27N2O4/c1-12-8-19(22)14-5-4-6-15(16(12)14)23-9-13(21)7-18-10-17(2,3)11-20/h4-6,12-13,18,20-21H,7-11H2,1-3H3/q-1. The summed E-state index contributed by atoms with van der Waals surface area (Å²) in [5.41, 5.74) is 1.37. The molecule has 0 fully saturated rings. The summed E-state index contributed by atoms with van der Waals surface area (Å²) in [6, 6.07) is 5.43. The molecule has 0 amide bonds. The fourth-order valence-corrected chi connectivity index (χ4v) is 2.69. The van der Waals surface area contributed by atoms with E-state index in [9.17, 15) is 15.4 Å². The maximum Gasteiger partial charge on any atom is 0.125 e. The van der Waals surface area contributed by atoms with Crippen molar-refractivity contribution in [2.24, 2.45) is 5.41 Å². The van der Waals surface area contributed by atoms with Crippen LogP contribution in [0.3, 0.4) is 0 Å². The molecular weight excluding hydrogens is 296 g/mol. The lowest BCUT2D eigenvalue weighted by molar-refractivity contribution is 0.0975. The van der Waals surface area contributed by atoms with E-state index in [1.165, 1.54) is 0 Å². The van der Waals surface area contributed by atoms with Gasteiger partial charge in [0.25, 0.3) is 0 Å². The van der Waals surface area contributed by atoms with Crippen molar-refractivity contribution in [3.8, 4) is 5.75 Å². The van der Waals surface area contributed by atoms with Crippen molar-refractivity contribution in [3.05, 3.63) is 29.0 Å². The van der Waals surface area contributed by atoms with Gasteiger partial charge in [0.05, 0.1) is 0 Å². The van der Waals surface area contributed by atoms with E-state index in [1.807, 2.05) is 26.8 Å².